The Labute approximate surface area is 115 Å². The van der Waals surface area contributed by atoms with Gasteiger partial charge in [0.2, 0.25) is 0 Å². The fourth-order valence-electron chi connectivity index (χ4n) is 2.28. The van der Waals surface area contributed by atoms with Crippen molar-refractivity contribution in [1.82, 2.24) is 4.90 Å². The molecular formula is C15H25NO3. The van der Waals surface area contributed by atoms with Crippen LogP contribution in [0.1, 0.15) is 46.5 Å². The molecule has 0 aromatic heterocycles. The molecule has 1 unspecified atom stereocenters. The van der Waals surface area contributed by atoms with Crippen LogP contribution in [0.3, 0.4) is 0 Å². The zero-order valence-corrected chi connectivity index (χ0v) is 12.2. The number of hydrogen-bond acceptors (Lipinski definition) is 3. The smallest absolute Gasteiger partial charge is 0.410 e. The van der Waals surface area contributed by atoms with Gasteiger partial charge in [0.05, 0.1) is 0 Å². The molecule has 1 saturated heterocycles. The van der Waals surface area contributed by atoms with Gasteiger partial charge in [0.25, 0.3) is 0 Å². The van der Waals surface area contributed by atoms with E-state index >= 15 is 0 Å². The van der Waals surface area contributed by atoms with Crippen molar-refractivity contribution in [3.05, 3.63) is 12.2 Å². The quantitative estimate of drug-likeness (QED) is 0.580. The van der Waals surface area contributed by atoms with Crippen LogP contribution in [0.4, 0.5) is 4.79 Å². The zero-order chi connectivity index (χ0) is 14.3. The Bertz CT molecular complexity index is 331. The molecule has 1 aliphatic heterocycles. The van der Waals surface area contributed by atoms with Crippen molar-refractivity contribution < 1.29 is 14.3 Å². The van der Waals surface area contributed by atoms with Crippen LogP contribution in [0, 0.1) is 5.92 Å². The SMILES string of the molecule is CC(C)(C)OC(=O)N1CCCC(CC/C=C/C=O)C1. The highest BCUT2D eigenvalue weighted by atomic mass is 16.6. The minimum atomic E-state index is -0.434. The molecule has 1 aliphatic rings. The van der Waals surface area contributed by atoms with Gasteiger partial charge in [-0.2, -0.15) is 0 Å². The number of aldehydes is 1. The summed E-state index contributed by atoms with van der Waals surface area (Å²) in [6, 6.07) is 0. The van der Waals surface area contributed by atoms with E-state index in [0.29, 0.717) is 5.92 Å². The Morgan fingerprint density at radius 1 is 1.42 bits per heavy atom. The van der Waals surface area contributed by atoms with Crippen LogP contribution in [-0.4, -0.2) is 36.0 Å². The monoisotopic (exact) mass is 267 g/mol. The van der Waals surface area contributed by atoms with Gasteiger partial charge in [0.15, 0.2) is 0 Å². The summed E-state index contributed by atoms with van der Waals surface area (Å²) in [6.45, 7) is 7.21. The molecular weight excluding hydrogens is 242 g/mol. The van der Waals surface area contributed by atoms with Crippen LogP contribution in [0.5, 0.6) is 0 Å². The summed E-state index contributed by atoms with van der Waals surface area (Å²) < 4.78 is 5.40. The maximum atomic E-state index is 12.0. The van der Waals surface area contributed by atoms with Crippen molar-refractivity contribution in [2.24, 2.45) is 5.92 Å². The number of ether oxygens (including phenoxy) is 1. The van der Waals surface area contributed by atoms with Gasteiger partial charge < -0.3 is 9.64 Å². The van der Waals surface area contributed by atoms with Crippen LogP contribution in [0.25, 0.3) is 0 Å². The Balaban J connectivity index is 2.39. The van der Waals surface area contributed by atoms with E-state index < -0.39 is 5.60 Å². The Kier molecular flexibility index (Phi) is 6.06. The van der Waals surface area contributed by atoms with Gasteiger partial charge in [-0.15, -0.1) is 0 Å². The lowest BCUT2D eigenvalue weighted by atomic mass is 9.93. The van der Waals surface area contributed by atoms with Gasteiger partial charge in [0, 0.05) is 13.1 Å². The first-order chi connectivity index (χ1) is 8.92. The second-order valence-corrected chi connectivity index (χ2v) is 6.08. The van der Waals surface area contributed by atoms with E-state index in [2.05, 4.69) is 0 Å². The lowest BCUT2D eigenvalue weighted by molar-refractivity contribution is -0.104. The number of amides is 1. The molecule has 4 heteroatoms. The molecule has 4 nitrogen and oxygen atoms in total. The number of carbonyl (C=O) groups is 2. The number of hydrogen-bond donors (Lipinski definition) is 0. The normalized spacial score (nSPS) is 20.6. The first-order valence-electron chi connectivity index (χ1n) is 7.00. The van der Waals surface area contributed by atoms with Crippen molar-refractivity contribution in [3.8, 4) is 0 Å². The number of likely N-dealkylation sites (tertiary alicyclic amines) is 1. The van der Waals surface area contributed by atoms with E-state index in [4.69, 9.17) is 4.74 Å². The minimum absolute atomic E-state index is 0.208. The molecule has 1 heterocycles. The van der Waals surface area contributed by atoms with Crippen molar-refractivity contribution in [2.45, 2.75) is 52.1 Å². The van der Waals surface area contributed by atoms with Crippen LogP contribution in [0.15, 0.2) is 12.2 Å². The standard InChI is InChI=1S/C15H25NO3/c1-15(2,3)19-14(18)16-10-7-9-13(12-16)8-5-4-6-11-17/h4,6,11,13H,5,7-10,12H2,1-3H3/b6-4+. The summed E-state index contributed by atoms with van der Waals surface area (Å²) in [5.41, 5.74) is -0.434. The minimum Gasteiger partial charge on any atom is -0.444 e. The Morgan fingerprint density at radius 3 is 2.79 bits per heavy atom. The summed E-state index contributed by atoms with van der Waals surface area (Å²) in [5.74, 6) is 0.512. The van der Waals surface area contributed by atoms with E-state index in [1.165, 1.54) is 6.08 Å². The number of allylic oxidation sites excluding steroid dienone is 2. The number of piperidine rings is 1. The molecule has 0 saturated carbocycles. The van der Waals surface area contributed by atoms with Gasteiger partial charge in [-0.05, 0) is 58.4 Å². The van der Waals surface area contributed by atoms with E-state index in [1.807, 2.05) is 31.7 Å². The highest BCUT2D eigenvalue weighted by Crippen LogP contribution is 2.22. The highest BCUT2D eigenvalue weighted by molar-refractivity contribution is 5.68. The summed E-state index contributed by atoms with van der Waals surface area (Å²) >= 11 is 0. The molecule has 0 N–H and O–H groups in total. The maximum absolute atomic E-state index is 12.0. The summed E-state index contributed by atoms with van der Waals surface area (Å²) in [6.07, 6.45) is 8.10. The molecule has 1 amide bonds. The van der Waals surface area contributed by atoms with Crippen molar-refractivity contribution in [3.63, 3.8) is 0 Å². The van der Waals surface area contributed by atoms with Gasteiger partial charge in [-0.1, -0.05) is 6.08 Å². The van der Waals surface area contributed by atoms with Crippen molar-refractivity contribution in [2.75, 3.05) is 13.1 Å². The van der Waals surface area contributed by atoms with Gasteiger partial charge in [-0.3, -0.25) is 4.79 Å². The lowest BCUT2D eigenvalue weighted by Crippen LogP contribution is -2.42. The van der Waals surface area contributed by atoms with Gasteiger partial charge in [0.1, 0.15) is 11.9 Å². The molecule has 0 radical (unpaired) electrons. The maximum Gasteiger partial charge on any atom is 0.410 e. The summed E-state index contributed by atoms with van der Waals surface area (Å²) in [7, 11) is 0. The second kappa shape index (κ2) is 7.31. The molecule has 1 rings (SSSR count). The molecule has 19 heavy (non-hydrogen) atoms. The predicted octanol–water partition coefficient (Wildman–Crippen LogP) is 3.17. The molecule has 0 aromatic carbocycles. The topological polar surface area (TPSA) is 46.6 Å². The van der Waals surface area contributed by atoms with Gasteiger partial charge in [-0.25, -0.2) is 4.79 Å². The van der Waals surface area contributed by atoms with E-state index in [9.17, 15) is 9.59 Å². The molecule has 0 aliphatic carbocycles. The van der Waals surface area contributed by atoms with Crippen LogP contribution in [0.2, 0.25) is 0 Å². The first kappa shape index (κ1) is 15.7. The Morgan fingerprint density at radius 2 is 2.16 bits per heavy atom. The molecule has 0 spiro atoms. The number of nitrogens with zero attached hydrogens (tertiary/aromatic N) is 1. The molecule has 0 aromatic rings. The third kappa shape index (κ3) is 6.41. The fraction of sp³-hybridized carbons (Fsp3) is 0.733. The molecule has 1 fully saturated rings. The van der Waals surface area contributed by atoms with E-state index in [-0.39, 0.29) is 6.09 Å². The Hall–Kier alpha value is -1.32. The second-order valence-electron chi connectivity index (χ2n) is 6.08. The zero-order valence-electron chi connectivity index (χ0n) is 12.2. The first-order valence-corrected chi connectivity index (χ1v) is 7.00. The van der Waals surface area contributed by atoms with Crippen LogP contribution in [-0.2, 0) is 9.53 Å². The van der Waals surface area contributed by atoms with Crippen molar-refractivity contribution in [1.29, 1.82) is 0 Å². The summed E-state index contributed by atoms with van der Waals surface area (Å²) in [5, 5.41) is 0. The third-order valence-electron chi connectivity index (χ3n) is 3.13. The lowest BCUT2D eigenvalue weighted by Gasteiger charge is -2.34. The number of rotatable bonds is 4. The molecule has 0 bridgehead atoms. The predicted molar refractivity (Wildman–Crippen MR) is 75.0 cm³/mol. The largest absolute Gasteiger partial charge is 0.444 e. The average Bonchev–Trinajstić information content (AvgIpc) is 2.33. The van der Waals surface area contributed by atoms with E-state index in [1.54, 1.807) is 0 Å². The highest BCUT2D eigenvalue weighted by Gasteiger charge is 2.27. The number of carbonyl (C=O) groups excluding carboxylic acids is 2. The van der Waals surface area contributed by atoms with Crippen LogP contribution < -0.4 is 0 Å². The third-order valence-corrected chi connectivity index (χ3v) is 3.13. The molecule has 108 valence electrons. The fourth-order valence-corrected chi connectivity index (χ4v) is 2.28. The van der Waals surface area contributed by atoms with E-state index in [0.717, 1.165) is 45.1 Å². The molecule has 1 atom stereocenters. The summed E-state index contributed by atoms with van der Waals surface area (Å²) in [4.78, 5) is 24.0. The van der Waals surface area contributed by atoms with Crippen LogP contribution >= 0.6 is 0 Å². The van der Waals surface area contributed by atoms with Crippen molar-refractivity contribution >= 4 is 12.4 Å². The van der Waals surface area contributed by atoms with Gasteiger partial charge >= 0.3 is 6.09 Å². The average molecular weight is 267 g/mol.